The smallest absolute Gasteiger partial charge is 0.352 e. The predicted octanol–water partition coefficient (Wildman–Crippen LogP) is 0.590. The Morgan fingerprint density at radius 1 is 1.16 bits per heavy atom. The van der Waals surface area contributed by atoms with Gasteiger partial charge in [-0.3, -0.25) is 9.59 Å². The van der Waals surface area contributed by atoms with Crippen LogP contribution in [0.15, 0.2) is 24.3 Å². The van der Waals surface area contributed by atoms with Crippen LogP contribution in [0.25, 0.3) is 0 Å². The van der Waals surface area contributed by atoms with Gasteiger partial charge in [-0.2, -0.15) is 4.31 Å². The van der Waals surface area contributed by atoms with Crippen molar-refractivity contribution in [2.24, 2.45) is 0 Å². The number of nitrogens with zero attached hydrogens (tertiary/aromatic N) is 3. The lowest BCUT2D eigenvalue weighted by Crippen LogP contribution is -2.52. The molecule has 138 valence electrons. The van der Waals surface area contributed by atoms with Gasteiger partial charge in [0.2, 0.25) is 5.91 Å². The van der Waals surface area contributed by atoms with Crippen molar-refractivity contribution in [1.82, 2.24) is 14.5 Å². The van der Waals surface area contributed by atoms with Gasteiger partial charge < -0.3 is 15.1 Å². The molecule has 10 heteroatoms. The van der Waals surface area contributed by atoms with Gasteiger partial charge in [-0.1, -0.05) is 23.7 Å². The van der Waals surface area contributed by atoms with E-state index in [1.165, 1.54) is 14.1 Å². The van der Waals surface area contributed by atoms with Gasteiger partial charge in [0.1, 0.15) is 0 Å². The van der Waals surface area contributed by atoms with Crippen molar-refractivity contribution in [3.63, 3.8) is 0 Å². The lowest BCUT2D eigenvalue weighted by Gasteiger charge is -2.36. The van der Waals surface area contributed by atoms with Crippen LogP contribution in [0.1, 0.15) is 0 Å². The fourth-order valence-electron chi connectivity index (χ4n) is 2.42. The van der Waals surface area contributed by atoms with E-state index in [1.807, 2.05) is 24.3 Å². The summed E-state index contributed by atoms with van der Waals surface area (Å²) in [7, 11) is -1.55. The van der Waals surface area contributed by atoms with E-state index in [2.05, 4.69) is 10.2 Å². The number of sulfonamides is 1. The second-order valence-corrected chi connectivity index (χ2v) is 8.21. The van der Waals surface area contributed by atoms with Crippen LogP contribution in [0.2, 0.25) is 5.02 Å². The summed E-state index contributed by atoms with van der Waals surface area (Å²) in [5, 5.41) is 1.63. The average Bonchev–Trinajstić information content (AvgIpc) is 2.59. The molecule has 2 amide bonds. The SMILES string of the molecule is CN(C)S(=O)(=O)C(=O)NCC(=O)N1CCN(c2ccccc2Cl)CC1. The number of carbonyl (C=O) groups excluding carboxylic acids is 2. The van der Waals surface area contributed by atoms with E-state index in [0.29, 0.717) is 31.2 Å². The third kappa shape index (κ3) is 4.62. The van der Waals surface area contributed by atoms with Crippen molar-refractivity contribution in [2.45, 2.75) is 0 Å². The summed E-state index contributed by atoms with van der Waals surface area (Å²) in [6.45, 7) is 1.82. The van der Waals surface area contributed by atoms with Gasteiger partial charge in [0, 0.05) is 40.3 Å². The summed E-state index contributed by atoms with van der Waals surface area (Å²) < 4.78 is 24.0. The zero-order valence-electron chi connectivity index (χ0n) is 14.1. The second kappa shape index (κ2) is 8.03. The lowest BCUT2D eigenvalue weighted by molar-refractivity contribution is -0.130. The van der Waals surface area contributed by atoms with Crippen LogP contribution in [0.4, 0.5) is 10.5 Å². The Labute approximate surface area is 152 Å². The van der Waals surface area contributed by atoms with E-state index in [9.17, 15) is 18.0 Å². The molecule has 1 aromatic carbocycles. The molecule has 1 aromatic rings. The summed E-state index contributed by atoms with van der Waals surface area (Å²) in [6.07, 6.45) is 0. The first-order chi connectivity index (χ1) is 11.7. The first-order valence-electron chi connectivity index (χ1n) is 7.71. The highest BCUT2D eigenvalue weighted by atomic mass is 35.5. The van der Waals surface area contributed by atoms with Crippen LogP contribution < -0.4 is 10.2 Å². The van der Waals surface area contributed by atoms with Crippen LogP contribution in [-0.2, 0) is 14.8 Å². The molecule has 0 spiro atoms. The van der Waals surface area contributed by atoms with Crippen molar-refractivity contribution in [1.29, 1.82) is 0 Å². The molecule has 1 heterocycles. The van der Waals surface area contributed by atoms with E-state index in [0.717, 1.165) is 9.99 Å². The molecule has 8 nitrogen and oxygen atoms in total. The van der Waals surface area contributed by atoms with Crippen LogP contribution in [0.3, 0.4) is 0 Å². The molecular formula is C15H21ClN4O4S. The molecule has 1 fully saturated rings. The number of benzene rings is 1. The minimum absolute atomic E-state index is 0.318. The van der Waals surface area contributed by atoms with Gasteiger partial charge in [0.05, 0.1) is 17.3 Å². The van der Waals surface area contributed by atoms with Crippen LogP contribution in [0, 0.1) is 0 Å². The van der Waals surface area contributed by atoms with Gasteiger partial charge in [-0.05, 0) is 12.1 Å². The number of amides is 2. The summed E-state index contributed by atoms with van der Waals surface area (Å²) in [6, 6.07) is 7.50. The Balaban J connectivity index is 1.86. The number of hydrogen-bond donors (Lipinski definition) is 1. The minimum atomic E-state index is -4.06. The standard InChI is InChI=1S/C15H21ClN4O4S/c1-18(2)25(23,24)15(22)17-11-14(21)20-9-7-19(8-10-20)13-6-4-3-5-12(13)16/h3-6H,7-11H2,1-2H3,(H,17,22). The fraction of sp³-hybridized carbons (Fsp3) is 0.467. The Bertz CT molecular complexity index is 746. The molecule has 0 atom stereocenters. The molecule has 25 heavy (non-hydrogen) atoms. The molecule has 0 saturated carbocycles. The van der Waals surface area contributed by atoms with Gasteiger partial charge in [-0.15, -0.1) is 0 Å². The Morgan fingerprint density at radius 2 is 1.76 bits per heavy atom. The second-order valence-electron chi connectivity index (χ2n) is 5.75. The van der Waals surface area contributed by atoms with Gasteiger partial charge in [0.15, 0.2) is 0 Å². The first kappa shape index (κ1) is 19.5. The Hall–Kier alpha value is -1.84. The quantitative estimate of drug-likeness (QED) is 0.815. The van der Waals surface area contributed by atoms with Crippen molar-refractivity contribution >= 4 is 38.5 Å². The number of anilines is 1. The highest BCUT2D eigenvalue weighted by Gasteiger charge is 2.27. The predicted molar refractivity (Wildman–Crippen MR) is 96.3 cm³/mol. The van der Waals surface area contributed by atoms with Gasteiger partial charge >= 0.3 is 5.24 Å². The fourth-order valence-corrected chi connectivity index (χ4v) is 3.26. The molecule has 1 aliphatic rings. The number of rotatable bonds is 4. The normalized spacial score (nSPS) is 15.4. The Morgan fingerprint density at radius 3 is 2.32 bits per heavy atom. The maximum Gasteiger partial charge on any atom is 0.352 e. The number of piperazine rings is 1. The molecule has 1 saturated heterocycles. The highest BCUT2D eigenvalue weighted by Crippen LogP contribution is 2.25. The van der Waals surface area contributed by atoms with E-state index < -0.39 is 15.3 Å². The third-order valence-corrected chi connectivity index (χ3v) is 5.82. The van der Waals surface area contributed by atoms with Crippen molar-refractivity contribution in [3.05, 3.63) is 29.3 Å². The van der Waals surface area contributed by atoms with Crippen molar-refractivity contribution in [3.8, 4) is 0 Å². The number of nitrogens with one attached hydrogen (secondary N) is 1. The maximum absolute atomic E-state index is 12.2. The molecule has 2 rings (SSSR count). The summed E-state index contributed by atoms with van der Waals surface area (Å²) in [5.74, 6) is -0.318. The van der Waals surface area contributed by atoms with Gasteiger partial charge in [0.25, 0.3) is 10.0 Å². The van der Waals surface area contributed by atoms with Crippen molar-refractivity contribution in [2.75, 3.05) is 51.7 Å². The molecular weight excluding hydrogens is 368 g/mol. The first-order valence-corrected chi connectivity index (χ1v) is 9.53. The number of halogens is 1. The van der Waals surface area contributed by atoms with E-state index in [-0.39, 0.29) is 12.5 Å². The summed E-state index contributed by atoms with van der Waals surface area (Å²) in [5.41, 5.74) is 0.918. The number of carbonyl (C=O) groups is 2. The molecule has 1 N–H and O–H groups in total. The number of hydrogen-bond acceptors (Lipinski definition) is 5. The van der Waals surface area contributed by atoms with Crippen LogP contribution in [-0.4, -0.2) is 75.6 Å². The highest BCUT2D eigenvalue weighted by molar-refractivity contribution is 8.03. The average molecular weight is 389 g/mol. The van der Waals surface area contributed by atoms with Gasteiger partial charge in [-0.25, -0.2) is 8.42 Å². The van der Waals surface area contributed by atoms with Crippen LogP contribution in [0.5, 0.6) is 0 Å². The molecule has 0 bridgehead atoms. The van der Waals surface area contributed by atoms with Crippen LogP contribution >= 0.6 is 11.6 Å². The maximum atomic E-state index is 12.2. The molecule has 0 radical (unpaired) electrons. The monoisotopic (exact) mass is 388 g/mol. The molecule has 0 aliphatic carbocycles. The summed E-state index contributed by atoms with van der Waals surface area (Å²) >= 11 is 6.18. The largest absolute Gasteiger partial charge is 0.367 e. The molecule has 1 aliphatic heterocycles. The molecule has 0 aromatic heterocycles. The van der Waals surface area contributed by atoms with E-state index in [1.54, 1.807) is 4.90 Å². The van der Waals surface area contributed by atoms with Crippen molar-refractivity contribution < 1.29 is 18.0 Å². The minimum Gasteiger partial charge on any atom is -0.367 e. The number of para-hydroxylation sites is 1. The Kier molecular flexibility index (Phi) is 6.26. The van der Waals surface area contributed by atoms with E-state index in [4.69, 9.17) is 11.6 Å². The zero-order chi connectivity index (χ0) is 18.6. The molecule has 0 unspecified atom stereocenters. The summed E-state index contributed by atoms with van der Waals surface area (Å²) in [4.78, 5) is 27.5. The lowest BCUT2D eigenvalue weighted by atomic mass is 10.2. The topological polar surface area (TPSA) is 90.0 Å². The zero-order valence-corrected chi connectivity index (χ0v) is 15.7. The van der Waals surface area contributed by atoms with E-state index >= 15 is 0 Å². The third-order valence-electron chi connectivity index (χ3n) is 3.92.